The van der Waals surface area contributed by atoms with Crippen LogP contribution in [0.15, 0.2) is 48.5 Å². The van der Waals surface area contributed by atoms with Crippen molar-refractivity contribution in [1.82, 2.24) is 4.90 Å². The number of benzene rings is 2. The van der Waals surface area contributed by atoms with E-state index in [0.29, 0.717) is 11.6 Å². The molecule has 22 heavy (non-hydrogen) atoms. The Morgan fingerprint density at radius 2 is 1.64 bits per heavy atom. The van der Waals surface area contributed by atoms with E-state index in [1.165, 1.54) is 5.56 Å². The Morgan fingerprint density at radius 1 is 1.09 bits per heavy atom. The van der Waals surface area contributed by atoms with Gasteiger partial charge >= 0.3 is 5.97 Å². The molecule has 0 aliphatic heterocycles. The number of halogens is 1. The molecule has 2 aromatic rings. The predicted molar refractivity (Wildman–Crippen MR) is 89.5 cm³/mol. The molecule has 0 saturated carbocycles. The van der Waals surface area contributed by atoms with E-state index in [0.717, 1.165) is 23.6 Å². The molecule has 0 amide bonds. The van der Waals surface area contributed by atoms with E-state index in [9.17, 15) is 4.79 Å². The van der Waals surface area contributed by atoms with Crippen molar-refractivity contribution in [2.75, 3.05) is 7.05 Å². The molecular formula is C18H20ClNO2. The second kappa shape index (κ2) is 7.43. The van der Waals surface area contributed by atoms with Gasteiger partial charge in [-0.3, -0.25) is 4.90 Å². The van der Waals surface area contributed by atoms with Crippen LogP contribution < -0.4 is 0 Å². The summed E-state index contributed by atoms with van der Waals surface area (Å²) in [5, 5.41) is 9.66. The number of rotatable bonds is 6. The minimum atomic E-state index is -0.893. The Hall–Kier alpha value is -1.84. The van der Waals surface area contributed by atoms with Crippen molar-refractivity contribution in [2.24, 2.45) is 0 Å². The first-order valence-corrected chi connectivity index (χ1v) is 7.60. The van der Waals surface area contributed by atoms with E-state index < -0.39 is 5.97 Å². The molecule has 0 aliphatic carbocycles. The average Bonchev–Trinajstić information content (AvgIpc) is 2.50. The van der Waals surface area contributed by atoms with Crippen LogP contribution >= 0.6 is 11.6 Å². The van der Waals surface area contributed by atoms with Gasteiger partial charge in [-0.25, -0.2) is 4.79 Å². The van der Waals surface area contributed by atoms with Crippen LogP contribution in [-0.2, 0) is 13.0 Å². The summed E-state index contributed by atoms with van der Waals surface area (Å²) >= 11 is 5.90. The van der Waals surface area contributed by atoms with E-state index in [1.54, 1.807) is 12.1 Å². The quantitative estimate of drug-likeness (QED) is 0.872. The maximum Gasteiger partial charge on any atom is 0.335 e. The first-order chi connectivity index (χ1) is 10.5. The third-order valence-electron chi connectivity index (χ3n) is 3.83. The number of likely N-dealkylation sites (N-methyl/N-ethyl adjacent to an activating group) is 1. The summed E-state index contributed by atoms with van der Waals surface area (Å²) in [7, 11) is 2.08. The van der Waals surface area contributed by atoms with E-state index >= 15 is 0 Å². The summed E-state index contributed by atoms with van der Waals surface area (Å²) in [6, 6.07) is 15.3. The molecule has 0 fully saturated rings. The summed E-state index contributed by atoms with van der Waals surface area (Å²) in [4.78, 5) is 13.1. The normalized spacial score (nSPS) is 12.4. The average molecular weight is 318 g/mol. The van der Waals surface area contributed by atoms with Crippen LogP contribution in [0, 0.1) is 0 Å². The molecule has 0 bridgehead atoms. The molecule has 1 N–H and O–H groups in total. The molecule has 2 rings (SSSR count). The number of aromatic carboxylic acids is 1. The number of hydrogen-bond donors (Lipinski definition) is 1. The van der Waals surface area contributed by atoms with Gasteiger partial charge in [-0.2, -0.15) is 0 Å². The molecule has 0 spiro atoms. The van der Waals surface area contributed by atoms with Crippen LogP contribution in [0.1, 0.15) is 28.4 Å². The number of nitrogens with zero attached hydrogens (tertiary/aromatic N) is 1. The van der Waals surface area contributed by atoms with Gasteiger partial charge in [0, 0.05) is 17.6 Å². The highest BCUT2D eigenvalue weighted by Gasteiger charge is 2.11. The van der Waals surface area contributed by atoms with Crippen molar-refractivity contribution in [2.45, 2.75) is 25.9 Å². The molecule has 0 aliphatic rings. The summed E-state index contributed by atoms with van der Waals surface area (Å²) in [6.07, 6.45) is 0.945. The summed E-state index contributed by atoms with van der Waals surface area (Å²) in [5.74, 6) is -0.893. The minimum absolute atomic E-state index is 0.320. The molecular weight excluding hydrogens is 298 g/mol. The fourth-order valence-electron chi connectivity index (χ4n) is 2.31. The lowest BCUT2D eigenvalue weighted by Crippen LogP contribution is -2.30. The summed E-state index contributed by atoms with van der Waals surface area (Å²) in [5.41, 5.74) is 2.68. The Balaban J connectivity index is 1.94. The van der Waals surface area contributed by atoms with Gasteiger partial charge in [0.15, 0.2) is 0 Å². The lowest BCUT2D eigenvalue weighted by Gasteiger charge is -2.25. The van der Waals surface area contributed by atoms with E-state index in [2.05, 4.69) is 18.9 Å². The molecule has 0 saturated heterocycles. The minimum Gasteiger partial charge on any atom is -0.478 e. The molecule has 0 heterocycles. The lowest BCUT2D eigenvalue weighted by atomic mass is 10.1. The standard InChI is InChI=1S/C18H20ClNO2/c1-13(11-14-5-9-17(19)10-6-14)20(2)12-15-3-7-16(8-4-15)18(21)22/h3-10,13H,11-12H2,1-2H3,(H,21,22). The van der Waals surface area contributed by atoms with E-state index in [4.69, 9.17) is 16.7 Å². The second-order valence-corrected chi connectivity index (χ2v) is 6.03. The zero-order chi connectivity index (χ0) is 16.1. The summed E-state index contributed by atoms with van der Waals surface area (Å²) < 4.78 is 0. The Kier molecular flexibility index (Phi) is 5.58. The van der Waals surface area contributed by atoms with Gasteiger partial charge in [0.2, 0.25) is 0 Å². The molecule has 1 unspecified atom stereocenters. The first-order valence-electron chi connectivity index (χ1n) is 7.22. The van der Waals surface area contributed by atoms with Crippen LogP contribution in [0.5, 0.6) is 0 Å². The zero-order valence-electron chi connectivity index (χ0n) is 12.8. The zero-order valence-corrected chi connectivity index (χ0v) is 13.5. The smallest absolute Gasteiger partial charge is 0.335 e. The maximum absolute atomic E-state index is 10.8. The molecule has 3 nitrogen and oxygen atoms in total. The molecule has 2 aromatic carbocycles. The highest BCUT2D eigenvalue weighted by Crippen LogP contribution is 2.14. The number of carbonyl (C=O) groups is 1. The number of hydrogen-bond acceptors (Lipinski definition) is 2. The summed E-state index contributed by atoms with van der Waals surface area (Å²) in [6.45, 7) is 2.97. The van der Waals surface area contributed by atoms with Crippen molar-refractivity contribution >= 4 is 17.6 Å². The third kappa shape index (κ3) is 4.58. The Morgan fingerprint density at radius 3 is 2.18 bits per heavy atom. The van der Waals surface area contributed by atoms with Gasteiger partial charge in [-0.15, -0.1) is 0 Å². The highest BCUT2D eigenvalue weighted by atomic mass is 35.5. The van der Waals surface area contributed by atoms with Crippen molar-refractivity contribution < 1.29 is 9.90 Å². The maximum atomic E-state index is 10.8. The predicted octanol–water partition coefficient (Wildman–Crippen LogP) is 4.10. The lowest BCUT2D eigenvalue weighted by molar-refractivity contribution is 0.0697. The fraction of sp³-hybridized carbons (Fsp3) is 0.278. The second-order valence-electron chi connectivity index (χ2n) is 5.60. The first kappa shape index (κ1) is 16.5. The molecule has 0 radical (unpaired) electrons. The van der Waals surface area contributed by atoms with Gasteiger partial charge in [-0.1, -0.05) is 35.9 Å². The fourth-order valence-corrected chi connectivity index (χ4v) is 2.44. The van der Waals surface area contributed by atoms with Crippen molar-refractivity contribution in [3.63, 3.8) is 0 Å². The SMILES string of the molecule is CC(Cc1ccc(Cl)cc1)N(C)Cc1ccc(C(=O)O)cc1. The van der Waals surface area contributed by atoms with Crippen molar-refractivity contribution in [1.29, 1.82) is 0 Å². The van der Waals surface area contributed by atoms with E-state index in [-0.39, 0.29) is 0 Å². The third-order valence-corrected chi connectivity index (χ3v) is 4.08. The van der Waals surface area contributed by atoms with Gasteiger partial charge in [0.25, 0.3) is 0 Å². The number of carboxylic acids is 1. The van der Waals surface area contributed by atoms with Gasteiger partial charge in [0.05, 0.1) is 5.56 Å². The van der Waals surface area contributed by atoms with Crippen LogP contribution in [-0.4, -0.2) is 29.1 Å². The van der Waals surface area contributed by atoms with Gasteiger partial charge in [-0.05, 0) is 55.8 Å². The van der Waals surface area contributed by atoms with Crippen LogP contribution in [0.25, 0.3) is 0 Å². The highest BCUT2D eigenvalue weighted by molar-refractivity contribution is 6.30. The van der Waals surface area contributed by atoms with E-state index in [1.807, 2.05) is 36.4 Å². The largest absolute Gasteiger partial charge is 0.478 e. The van der Waals surface area contributed by atoms with Crippen molar-refractivity contribution in [3.8, 4) is 0 Å². The molecule has 0 aromatic heterocycles. The van der Waals surface area contributed by atoms with Crippen molar-refractivity contribution in [3.05, 3.63) is 70.2 Å². The van der Waals surface area contributed by atoms with Crippen LogP contribution in [0.4, 0.5) is 0 Å². The van der Waals surface area contributed by atoms with Crippen LogP contribution in [0.3, 0.4) is 0 Å². The molecule has 116 valence electrons. The van der Waals surface area contributed by atoms with Gasteiger partial charge < -0.3 is 5.11 Å². The Bertz CT molecular complexity index is 623. The topological polar surface area (TPSA) is 40.5 Å². The number of carboxylic acid groups (broad SMARTS) is 1. The van der Waals surface area contributed by atoms with Gasteiger partial charge in [0.1, 0.15) is 0 Å². The molecule has 1 atom stereocenters. The Labute approximate surface area is 136 Å². The molecule has 4 heteroatoms. The monoisotopic (exact) mass is 317 g/mol. The van der Waals surface area contributed by atoms with Crippen LogP contribution in [0.2, 0.25) is 5.02 Å².